The number of morpholine rings is 1. The number of hydrogen-bond donors (Lipinski definition) is 2. The number of hydrogen-bond acceptors (Lipinski definition) is 9. The van der Waals surface area contributed by atoms with Gasteiger partial charge < -0.3 is 19.7 Å². The standard InChI is InChI=1S/C25H26F2N6O3S/c1-14-13-36-8-7-33(14)21-10-16(17-9-19(23(26)27)28-12-20(17)35-2)18(11-29-21)24(34)30-25-32-31-22(37-25)6-5-15-3-4-15/h9-12,14-15,23,25,32H,3-4,7-8,13H2,1-2H3,(H,30,34). The highest BCUT2D eigenvalue weighted by atomic mass is 32.2. The van der Waals surface area contributed by atoms with E-state index in [-0.39, 0.29) is 17.4 Å². The molecule has 12 heteroatoms. The van der Waals surface area contributed by atoms with Gasteiger partial charge in [-0.25, -0.2) is 13.8 Å². The van der Waals surface area contributed by atoms with E-state index in [0.29, 0.717) is 47.7 Å². The highest BCUT2D eigenvalue weighted by Gasteiger charge is 2.27. The summed E-state index contributed by atoms with van der Waals surface area (Å²) in [6.45, 7) is 3.69. The second-order valence-corrected chi connectivity index (χ2v) is 9.97. The number of amides is 1. The molecule has 0 bridgehead atoms. The Kier molecular flexibility index (Phi) is 7.43. The summed E-state index contributed by atoms with van der Waals surface area (Å²) in [6.07, 6.45) is 2.13. The Hall–Kier alpha value is -3.43. The first-order valence-corrected chi connectivity index (χ1v) is 12.8. The number of carbonyl (C=O) groups excluding carboxylic acids is 1. The molecule has 2 fully saturated rings. The summed E-state index contributed by atoms with van der Waals surface area (Å²) in [7, 11) is 1.43. The Bertz CT molecular complexity index is 1280. The van der Waals surface area contributed by atoms with E-state index >= 15 is 0 Å². The Morgan fingerprint density at radius 3 is 2.86 bits per heavy atom. The van der Waals surface area contributed by atoms with Gasteiger partial charge in [-0.3, -0.25) is 15.2 Å². The molecule has 1 saturated heterocycles. The fraction of sp³-hybridized carbons (Fsp3) is 0.440. The number of pyridine rings is 2. The SMILES string of the molecule is COc1cnc(C(F)F)cc1-c1cc(N2CCOCC2C)ncc1C(=O)NC1NN=C(C#CC2CC2)S1. The number of halogens is 2. The maximum atomic E-state index is 13.6. The minimum absolute atomic E-state index is 0.0520. The van der Waals surface area contributed by atoms with Crippen LogP contribution in [-0.4, -0.2) is 59.3 Å². The molecule has 1 aliphatic carbocycles. The summed E-state index contributed by atoms with van der Waals surface area (Å²) >= 11 is 1.30. The van der Waals surface area contributed by atoms with Gasteiger partial charge in [0.25, 0.3) is 12.3 Å². The number of thioether (sulfide) groups is 1. The average Bonchev–Trinajstić information content (AvgIpc) is 3.64. The van der Waals surface area contributed by atoms with Crippen LogP contribution in [-0.2, 0) is 4.74 Å². The van der Waals surface area contributed by atoms with E-state index in [9.17, 15) is 13.6 Å². The van der Waals surface area contributed by atoms with Crippen molar-refractivity contribution in [1.29, 1.82) is 0 Å². The number of rotatable bonds is 6. The van der Waals surface area contributed by atoms with E-state index in [0.717, 1.165) is 12.8 Å². The van der Waals surface area contributed by atoms with Crippen molar-refractivity contribution in [2.24, 2.45) is 11.0 Å². The topological polar surface area (TPSA) is 101 Å². The van der Waals surface area contributed by atoms with Crippen LogP contribution in [0.4, 0.5) is 14.6 Å². The van der Waals surface area contributed by atoms with E-state index in [1.807, 2.05) is 6.92 Å². The predicted octanol–water partition coefficient (Wildman–Crippen LogP) is 3.39. The molecular weight excluding hydrogens is 502 g/mol. The lowest BCUT2D eigenvalue weighted by Crippen LogP contribution is -2.44. The molecule has 1 amide bonds. The fourth-order valence-corrected chi connectivity index (χ4v) is 4.73. The van der Waals surface area contributed by atoms with Crippen LogP contribution in [0.1, 0.15) is 42.2 Å². The van der Waals surface area contributed by atoms with Crippen LogP contribution < -0.4 is 20.4 Å². The quantitative estimate of drug-likeness (QED) is 0.551. The monoisotopic (exact) mass is 528 g/mol. The third-order valence-corrected chi connectivity index (χ3v) is 7.03. The predicted molar refractivity (Wildman–Crippen MR) is 137 cm³/mol. The van der Waals surface area contributed by atoms with Gasteiger partial charge in [0.2, 0.25) is 0 Å². The summed E-state index contributed by atoms with van der Waals surface area (Å²) in [5, 5.41) is 7.66. The molecule has 0 aromatic carbocycles. The number of alkyl halides is 2. The molecule has 2 aliphatic heterocycles. The van der Waals surface area contributed by atoms with Gasteiger partial charge in [-0.05, 0) is 49.6 Å². The van der Waals surface area contributed by atoms with Gasteiger partial charge in [0, 0.05) is 29.8 Å². The number of anilines is 1. The molecule has 5 rings (SSSR count). The highest BCUT2D eigenvalue weighted by molar-refractivity contribution is 8.15. The van der Waals surface area contributed by atoms with E-state index in [1.54, 1.807) is 6.07 Å². The van der Waals surface area contributed by atoms with Gasteiger partial charge in [-0.2, -0.15) is 5.10 Å². The number of aromatic nitrogens is 2. The number of nitrogens with one attached hydrogen (secondary N) is 2. The second kappa shape index (κ2) is 10.9. The molecule has 3 aliphatic rings. The lowest BCUT2D eigenvalue weighted by atomic mass is 9.99. The van der Waals surface area contributed by atoms with Gasteiger partial charge in [0.1, 0.15) is 17.3 Å². The third kappa shape index (κ3) is 5.78. The minimum atomic E-state index is -2.78. The van der Waals surface area contributed by atoms with Gasteiger partial charge in [-0.1, -0.05) is 5.92 Å². The van der Waals surface area contributed by atoms with Crippen LogP contribution in [0, 0.1) is 17.8 Å². The Labute approximate surface area is 217 Å². The minimum Gasteiger partial charge on any atom is -0.494 e. The zero-order valence-electron chi connectivity index (χ0n) is 20.3. The summed E-state index contributed by atoms with van der Waals surface area (Å²) in [4.78, 5) is 23.8. The number of methoxy groups -OCH3 is 1. The maximum Gasteiger partial charge on any atom is 0.280 e. The van der Waals surface area contributed by atoms with Crippen LogP contribution in [0.3, 0.4) is 0 Å². The Morgan fingerprint density at radius 1 is 1.30 bits per heavy atom. The van der Waals surface area contributed by atoms with Crippen molar-refractivity contribution in [2.75, 3.05) is 31.8 Å². The average molecular weight is 529 g/mol. The second-order valence-electron chi connectivity index (χ2n) is 8.88. The first kappa shape index (κ1) is 25.2. The molecule has 9 nitrogen and oxygen atoms in total. The molecule has 1 saturated carbocycles. The van der Waals surface area contributed by atoms with E-state index in [4.69, 9.17) is 9.47 Å². The fourth-order valence-electron chi connectivity index (χ4n) is 4.01. The number of carbonyl (C=O) groups is 1. The summed E-state index contributed by atoms with van der Waals surface area (Å²) in [5.41, 5.74) is 2.85. The van der Waals surface area contributed by atoms with Crippen LogP contribution in [0.15, 0.2) is 29.6 Å². The number of nitrogens with zero attached hydrogens (tertiary/aromatic N) is 4. The zero-order chi connectivity index (χ0) is 25.9. The largest absolute Gasteiger partial charge is 0.494 e. The Morgan fingerprint density at radius 2 is 2.14 bits per heavy atom. The normalized spacial score (nSPS) is 21.1. The van der Waals surface area contributed by atoms with Crippen molar-refractivity contribution in [1.82, 2.24) is 20.7 Å². The van der Waals surface area contributed by atoms with Crippen molar-refractivity contribution in [2.45, 2.75) is 37.7 Å². The van der Waals surface area contributed by atoms with Crippen LogP contribution in [0.25, 0.3) is 11.1 Å². The lowest BCUT2D eigenvalue weighted by Gasteiger charge is -2.34. The van der Waals surface area contributed by atoms with E-state index < -0.39 is 23.5 Å². The van der Waals surface area contributed by atoms with Crippen molar-refractivity contribution in [3.05, 3.63) is 35.8 Å². The van der Waals surface area contributed by atoms with Crippen molar-refractivity contribution in [3.8, 4) is 28.7 Å². The molecule has 0 radical (unpaired) electrons. The van der Waals surface area contributed by atoms with E-state index in [1.165, 1.54) is 37.3 Å². The smallest absolute Gasteiger partial charge is 0.280 e. The molecule has 37 heavy (non-hydrogen) atoms. The van der Waals surface area contributed by atoms with Gasteiger partial charge >= 0.3 is 0 Å². The zero-order valence-corrected chi connectivity index (χ0v) is 21.1. The van der Waals surface area contributed by atoms with Crippen LogP contribution in [0.2, 0.25) is 0 Å². The summed E-state index contributed by atoms with van der Waals surface area (Å²) in [5.74, 6) is 7.03. The molecule has 194 valence electrons. The van der Waals surface area contributed by atoms with Crippen molar-refractivity contribution < 1.29 is 23.0 Å². The molecule has 2 aromatic heterocycles. The number of ether oxygens (including phenoxy) is 2. The van der Waals surface area contributed by atoms with Gasteiger partial charge in [0.15, 0.2) is 10.5 Å². The van der Waals surface area contributed by atoms with Crippen molar-refractivity contribution in [3.63, 3.8) is 0 Å². The molecule has 2 unspecified atom stereocenters. The van der Waals surface area contributed by atoms with Crippen molar-refractivity contribution >= 4 is 28.5 Å². The first-order valence-electron chi connectivity index (χ1n) is 11.9. The molecule has 2 N–H and O–H groups in total. The molecule has 4 heterocycles. The summed E-state index contributed by atoms with van der Waals surface area (Å²) in [6, 6.07) is 3.03. The Balaban J connectivity index is 1.47. The van der Waals surface area contributed by atoms with Crippen LogP contribution in [0.5, 0.6) is 5.75 Å². The van der Waals surface area contributed by atoms with E-state index in [2.05, 4.69) is 42.6 Å². The van der Waals surface area contributed by atoms with Crippen LogP contribution >= 0.6 is 11.8 Å². The lowest BCUT2D eigenvalue weighted by molar-refractivity contribution is 0.0945. The number of hydrazone groups is 1. The molecule has 0 spiro atoms. The van der Waals surface area contributed by atoms with Gasteiger partial charge in [0.05, 0.1) is 38.1 Å². The van der Waals surface area contributed by atoms with Gasteiger partial charge in [-0.15, -0.1) is 0 Å². The summed E-state index contributed by atoms with van der Waals surface area (Å²) < 4.78 is 38.1. The molecule has 2 atom stereocenters. The third-order valence-electron chi connectivity index (χ3n) is 6.15. The molecular formula is C25H26F2N6O3S. The maximum absolute atomic E-state index is 13.6. The molecule has 2 aromatic rings. The first-order chi connectivity index (χ1) is 17.9. The highest BCUT2D eigenvalue weighted by Crippen LogP contribution is 2.36.